The predicted octanol–water partition coefficient (Wildman–Crippen LogP) is 5.74. The van der Waals surface area contributed by atoms with Crippen LogP contribution < -0.4 is 4.74 Å². The number of ether oxygens (including phenoxy) is 1. The number of unbranched alkanes of at least 4 members (excludes halogenated alkanes) is 1. The second-order valence-electron chi connectivity index (χ2n) is 9.68. The molecule has 5 aromatic rings. The van der Waals surface area contributed by atoms with Crippen molar-refractivity contribution in [3.8, 4) is 28.3 Å². The summed E-state index contributed by atoms with van der Waals surface area (Å²) in [6.07, 6.45) is 2.75. The van der Waals surface area contributed by atoms with E-state index in [0.29, 0.717) is 24.6 Å². The molecule has 0 radical (unpaired) electrons. The Bertz CT molecular complexity index is 1700. The van der Waals surface area contributed by atoms with Crippen LogP contribution in [0.4, 0.5) is 0 Å². The molecule has 12 nitrogen and oxygen atoms in total. The zero-order valence-corrected chi connectivity index (χ0v) is 24.0. The highest BCUT2D eigenvalue weighted by Crippen LogP contribution is 2.30. The number of tetrazole rings is 1. The van der Waals surface area contributed by atoms with E-state index in [9.17, 15) is 14.9 Å². The molecule has 0 atom stereocenters. The first-order valence-electron chi connectivity index (χ1n) is 13.7. The molecule has 0 fully saturated rings. The van der Waals surface area contributed by atoms with E-state index in [2.05, 4.69) is 37.4 Å². The van der Waals surface area contributed by atoms with E-state index < -0.39 is 11.1 Å². The van der Waals surface area contributed by atoms with Gasteiger partial charge in [0.25, 0.3) is 5.09 Å². The molecule has 0 amide bonds. The van der Waals surface area contributed by atoms with Crippen molar-refractivity contribution in [2.45, 2.75) is 39.2 Å². The Kier molecular flexibility index (Phi) is 9.37. The highest BCUT2D eigenvalue weighted by Gasteiger charge is 2.24. The summed E-state index contributed by atoms with van der Waals surface area (Å²) in [5.74, 6) is 0.833. The van der Waals surface area contributed by atoms with Crippen LogP contribution >= 0.6 is 11.6 Å². The van der Waals surface area contributed by atoms with Crippen LogP contribution in [0.15, 0.2) is 72.8 Å². The van der Waals surface area contributed by atoms with Gasteiger partial charge in [-0.15, -0.1) is 20.3 Å². The molecule has 220 valence electrons. The van der Waals surface area contributed by atoms with Crippen LogP contribution in [0.5, 0.6) is 5.75 Å². The molecule has 0 saturated carbocycles. The number of aryl methyl sites for hydroxylation is 1. The third kappa shape index (κ3) is 7.22. The summed E-state index contributed by atoms with van der Waals surface area (Å²) >= 11 is 6.52. The van der Waals surface area contributed by atoms with Crippen LogP contribution in [0.2, 0.25) is 5.15 Å². The van der Waals surface area contributed by atoms with E-state index in [1.54, 1.807) is 28.8 Å². The summed E-state index contributed by atoms with van der Waals surface area (Å²) in [5, 5.41) is 24.1. The monoisotopic (exact) mass is 601 g/mol. The number of halogens is 1. The molecule has 0 aliphatic rings. The Labute approximate surface area is 251 Å². The fourth-order valence-corrected chi connectivity index (χ4v) is 4.97. The van der Waals surface area contributed by atoms with Gasteiger partial charge in [0.2, 0.25) is 5.82 Å². The van der Waals surface area contributed by atoms with Crippen LogP contribution in [0.25, 0.3) is 22.5 Å². The lowest BCUT2D eigenvalue weighted by molar-refractivity contribution is -0.757. The molecule has 0 aliphatic carbocycles. The molecule has 0 saturated heterocycles. The third-order valence-electron chi connectivity index (χ3n) is 6.77. The topological polar surface area (TPSA) is 151 Å². The number of rotatable bonds is 13. The Morgan fingerprint density at radius 2 is 1.81 bits per heavy atom. The third-order valence-corrected chi connectivity index (χ3v) is 7.03. The fourth-order valence-electron chi connectivity index (χ4n) is 4.69. The van der Waals surface area contributed by atoms with Crippen LogP contribution in [0, 0.1) is 10.1 Å². The SMILES string of the molecule is CCCCc1nc(Cl)c(C(=O)Oc2cccc(CCO[N+](=O)[O-])c2)n1Cc1ccc(-c2ccccc2-c2nn[nH]n2)cc1. The Hall–Kier alpha value is -5.10. The fraction of sp³-hybridized carbons (Fsp3) is 0.233. The number of nitrogens with zero attached hydrogens (tertiary/aromatic N) is 6. The van der Waals surface area contributed by atoms with Crippen LogP contribution in [0.1, 0.15) is 47.2 Å². The number of hydrogen-bond donors (Lipinski definition) is 1. The van der Waals surface area contributed by atoms with Crippen molar-refractivity contribution in [3.63, 3.8) is 0 Å². The number of nitrogens with one attached hydrogen (secondary N) is 1. The summed E-state index contributed by atoms with van der Waals surface area (Å²) in [5.41, 5.74) is 4.60. The van der Waals surface area contributed by atoms with E-state index in [1.165, 1.54) is 0 Å². The largest absolute Gasteiger partial charge is 0.422 e. The quantitative estimate of drug-likeness (QED) is 0.0770. The van der Waals surface area contributed by atoms with Crippen LogP contribution in [-0.4, -0.2) is 47.8 Å². The molecule has 13 heteroatoms. The number of hydrogen-bond acceptors (Lipinski definition) is 9. The molecule has 2 heterocycles. The summed E-state index contributed by atoms with van der Waals surface area (Å²) in [6, 6.07) is 22.5. The lowest BCUT2D eigenvalue weighted by atomic mass is 9.98. The Balaban J connectivity index is 1.39. The zero-order valence-electron chi connectivity index (χ0n) is 23.3. The predicted molar refractivity (Wildman–Crippen MR) is 158 cm³/mol. The number of esters is 1. The normalized spacial score (nSPS) is 10.9. The maximum Gasteiger partial charge on any atom is 0.363 e. The maximum atomic E-state index is 13.4. The minimum Gasteiger partial charge on any atom is -0.422 e. The van der Waals surface area contributed by atoms with E-state index in [-0.39, 0.29) is 29.6 Å². The molecule has 2 aromatic heterocycles. The van der Waals surface area contributed by atoms with Crippen molar-refractivity contribution < 1.29 is 19.5 Å². The number of aromatic nitrogens is 6. The van der Waals surface area contributed by atoms with Crippen LogP contribution in [0.3, 0.4) is 0 Å². The smallest absolute Gasteiger partial charge is 0.363 e. The molecular weight excluding hydrogens is 574 g/mol. The van der Waals surface area contributed by atoms with E-state index in [1.807, 2.05) is 48.5 Å². The van der Waals surface area contributed by atoms with Gasteiger partial charge in [0.05, 0.1) is 0 Å². The van der Waals surface area contributed by atoms with Gasteiger partial charge < -0.3 is 14.1 Å². The number of carbonyl (C=O) groups is 1. The van der Waals surface area contributed by atoms with Crippen molar-refractivity contribution in [2.24, 2.45) is 0 Å². The maximum absolute atomic E-state index is 13.4. The highest BCUT2D eigenvalue weighted by atomic mass is 35.5. The minimum absolute atomic E-state index is 0.0669. The van der Waals surface area contributed by atoms with Crippen molar-refractivity contribution in [3.05, 3.63) is 111 Å². The van der Waals surface area contributed by atoms with Gasteiger partial charge in [0.15, 0.2) is 10.8 Å². The van der Waals surface area contributed by atoms with Gasteiger partial charge in [-0.3, -0.25) is 0 Å². The molecule has 0 bridgehead atoms. The highest BCUT2D eigenvalue weighted by molar-refractivity contribution is 6.32. The van der Waals surface area contributed by atoms with Gasteiger partial charge in [-0.25, -0.2) is 9.78 Å². The van der Waals surface area contributed by atoms with Gasteiger partial charge in [0, 0.05) is 18.5 Å². The number of H-pyrrole nitrogens is 1. The molecular formula is C30H28ClN7O5. The van der Waals surface area contributed by atoms with Crippen molar-refractivity contribution in [2.75, 3.05) is 6.61 Å². The summed E-state index contributed by atoms with van der Waals surface area (Å²) in [7, 11) is 0. The van der Waals surface area contributed by atoms with Crippen LogP contribution in [-0.2, 0) is 24.2 Å². The first kappa shape index (κ1) is 29.4. The van der Waals surface area contributed by atoms with E-state index >= 15 is 0 Å². The number of imidazole rings is 1. The number of carbonyl (C=O) groups excluding carboxylic acids is 1. The van der Waals surface area contributed by atoms with E-state index in [4.69, 9.17) is 16.3 Å². The molecule has 3 aromatic carbocycles. The second kappa shape index (κ2) is 13.7. The minimum atomic E-state index is -0.841. The van der Waals surface area contributed by atoms with Crippen molar-refractivity contribution in [1.29, 1.82) is 0 Å². The van der Waals surface area contributed by atoms with Gasteiger partial charge >= 0.3 is 5.97 Å². The summed E-state index contributed by atoms with van der Waals surface area (Å²) < 4.78 is 7.50. The molecule has 1 N–H and O–H groups in total. The standard InChI is InChI=1S/C30H28ClN7O5/c1-2-3-11-26-32-28(31)27(30(39)43-23-8-6-7-20(18-23)16-17-42-38(40)41)37(26)19-21-12-14-22(15-13-21)24-9-4-5-10-25(24)29-33-35-36-34-29/h4-10,12-15,18H,2-3,11,16-17,19H2,1H3,(H,33,34,35,36). The average Bonchev–Trinajstić information content (AvgIpc) is 3.65. The van der Waals surface area contributed by atoms with Gasteiger partial charge in [-0.05, 0) is 52.4 Å². The first-order chi connectivity index (χ1) is 20.9. The van der Waals surface area contributed by atoms with Gasteiger partial charge in [-0.1, -0.05) is 85.6 Å². The van der Waals surface area contributed by atoms with E-state index in [0.717, 1.165) is 40.7 Å². The Morgan fingerprint density at radius 1 is 1.02 bits per heavy atom. The lowest BCUT2D eigenvalue weighted by Crippen LogP contribution is -2.17. The molecule has 5 rings (SSSR count). The summed E-state index contributed by atoms with van der Waals surface area (Å²) in [4.78, 5) is 32.8. The van der Waals surface area contributed by atoms with Crippen molar-refractivity contribution in [1.82, 2.24) is 30.2 Å². The first-order valence-corrected chi connectivity index (χ1v) is 14.1. The van der Waals surface area contributed by atoms with Gasteiger partial charge in [0.1, 0.15) is 18.2 Å². The molecule has 0 aliphatic heterocycles. The lowest BCUT2D eigenvalue weighted by Gasteiger charge is -2.13. The molecule has 43 heavy (non-hydrogen) atoms. The molecule has 0 unspecified atom stereocenters. The zero-order chi connectivity index (χ0) is 30.2. The average molecular weight is 602 g/mol. The number of aromatic amines is 1. The van der Waals surface area contributed by atoms with Crippen molar-refractivity contribution >= 4 is 17.6 Å². The number of benzene rings is 3. The second-order valence-corrected chi connectivity index (χ2v) is 10.0. The van der Waals surface area contributed by atoms with Gasteiger partial charge in [-0.2, -0.15) is 5.21 Å². The summed E-state index contributed by atoms with van der Waals surface area (Å²) in [6.45, 7) is 2.33. The Morgan fingerprint density at radius 3 is 2.53 bits per heavy atom. The molecule has 0 spiro atoms.